The topological polar surface area (TPSA) is 41.6 Å². The highest BCUT2D eigenvalue weighted by Gasteiger charge is 2.17. The normalized spacial score (nSPS) is 12.4. The van der Waals surface area contributed by atoms with E-state index >= 15 is 0 Å². The number of imidazole rings is 1. The lowest BCUT2D eigenvalue weighted by Crippen LogP contribution is -2.05. The van der Waals surface area contributed by atoms with E-state index in [-0.39, 0.29) is 5.38 Å². The molecule has 20 heavy (non-hydrogen) atoms. The molecule has 0 bridgehead atoms. The summed E-state index contributed by atoms with van der Waals surface area (Å²) in [6.07, 6.45) is 0. The summed E-state index contributed by atoms with van der Waals surface area (Å²) in [4.78, 5) is 4.58. The number of thiophene rings is 1. The van der Waals surface area contributed by atoms with Crippen molar-refractivity contribution in [3.8, 4) is 6.07 Å². The summed E-state index contributed by atoms with van der Waals surface area (Å²) in [6, 6.07) is 9.94. The zero-order chi connectivity index (χ0) is 14.1. The van der Waals surface area contributed by atoms with Crippen molar-refractivity contribution in [2.24, 2.45) is 0 Å². The molecule has 1 atom stereocenters. The van der Waals surface area contributed by atoms with Crippen LogP contribution >= 0.6 is 22.9 Å². The zero-order valence-electron chi connectivity index (χ0n) is 10.9. The van der Waals surface area contributed by atoms with E-state index in [4.69, 9.17) is 11.6 Å². The first kappa shape index (κ1) is 13.2. The maximum absolute atomic E-state index is 9.20. The van der Waals surface area contributed by atoms with Crippen molar-refractivity contribution in [2.75, 3.05) is 0 Å². The summed E-state index contributed by atoms with van der Waals surface area (Å²) >= 11 is 7.92. The van der Waals surface area contributed by atoms with Gasteiger partial charge in [-0.15, -0.1) is 11.6 Å². The van der Waals surface area contributed by atoms with E-state index in [0.29, 0.717) is 5.56 Å². The molecule has 0 aliphatic carbocycles. The van der Waals surface area contributed by atoms with Gasteiger partial charge in [0, 0.05) is 0 Å². The molecule has 1 unspecified atom stereocenters. The van der Waals surface area contributed by atoms with Gasteiger partial charge in [0.25, 0.3) is 0 Å². The Morgan fingerprint density at radius 2 is 2.30 bits per heavy atom. The van der Waals surface area contributed by atoms with E-state index in [1.807, 2.05) is 19.1 Å². The highest BCUT2D eigenvalue weighted by Crippen LogP contribution is 2.27. The van der Waals surface area contributed by atoms with Gasteiger partial charge in [-0.25, -0.2) is 4.98 Å². The fraction of sp³-hybridized carbons (Fsp3) is 0.200. The first-order valence-corrected chi connectivity index (χ1v) is 7.63. The summed E-state index contributed by atoms with van der Waals surface area (Å²) < 4.78 is 2.09. The third kappa shape index (κ3) is 2.20. The fourth-order valence-electron chi connectivity index (χ4n) is 2.29. The predicted molar refractivity (Wildman–Crippen MR) is 82.1 cm³/mol. The van der Waals surface area contributed by atoms with Crippen LogP contribution in [0.2, 0.25) is 0 Å². The number of rotatable bonds is 3. The third-order valence-electron chi connectivity index (χ3n) is 3.21. The number of alkyl halides is 1. The van der Waals surface area contributed by atoms with Crippen LogP contribution in [0.4, 0.5) is 0 Å². The Balaban J connectivity index is 2.22. The van der Waals surface area contributed by atoms with Gasteiger partial charge in [-0.2, -0.15) is 16.6 Å². The van der Waals surface area contributed by atoms with Crippen LogP contribution in [0.1, 0.15) is 29.3 Å². The van der Waals surface area contributed by atoms with E-state index in [1.54, 1.807) is 17.4 Å². The molecule has 100 valence electrons. The van der Waals surface area contributed by atoms with Gasteiger partial charge in [-0.3, -0.25) is 0 Å². The molecular formula is C15H12ClN3S. The smallest absolute Gasteiger partial charge is 0.128 e. The summed E-state index contributed by atoms with van der Waals surface area (Å²) in [6.45, 7) is 2.63. The number of benzene rings is 1. The zero-order valence-corrected chi connectivity index (χ0v) is 12.4. The number of halogens is 1. The molecule has 0 fully saturated rings. The fourth-order valence-corrected chi connectivity index (χ4v) is 3.12. The first-order chi connectivity index (χ1) is 9.70. The molecule has 1 aromatic carbocycles. The van der Waals surface area contributed by atoms with Crippen molar-refractivity contribution in [3.05, 3.63) is 52.0 Å². The molecule has 0 aliphatic heterocycles. The number of nitriles is 1. The van der Waals surface area contributed by atoms with Crippen molar-refractivity contribution >= 4 is 34.0 Å². The van der Waals surface area contributed by atoms with Crippen molar-refractivity contribution in [1.82, 2.24) is 9.55 Å². The highest BCUT2D eigenvalue weighted by atomic mass is 35.5. The first-order valence-electron chi connectivity index (χ1n) is 6.25. The van der Waals surface area contributed by atoms with Crippen LogP contribution in [-0.2, 0) is 6.54 Å². The van der Waals surface area contributed by atoms with Gasteiger partial charge in [-0.05, 0) is 41.4 Å². The number of para-hydroxylation sites is 1. The van der Waals surface area contributed by atoms with Crippen LogP contribution in [0, 0.1) is 11.3 Å². The predicted octanol–water partition coefficient (Wildman–Crippen LogP) is 4.32. The lowest BCUT2D eigenvalue weighted by molar-refractivity contribution is 0.744. The van der Waals surface area contributed by atoms with Crippen LogP contribution < -0.4 is 0 Å². The second-order valence-electron chi connectivity index (χ2n) is 4.59. The van der Waals surface area contributed by atoms with Crippen molar-refractivity contribution in [1.29, 1.82) is 5.26 Å². The van der Waals surface area contributed by atoms with Gasteiger partial charge in [-0.1, -0.05) is 6.07 Å². The van der Waals surface area contributed by atoms with Gasteiger partial charge in [0.2, 0.25) is 0 Å². The van der Waals surface area contributed by atoms with Crippen LogP contribution in [0.25, 0.3) is 11.0 Å². The van der Waals surface area contributed by atoms with Crippen LogP contribution in [0.15, 0.2) is 35.0 Å². The van der Waals surface area contributed by atoms with E-state index < -0.39 is 0 Å². The molecule has 0 radical (unpaired) electrons. The standard InChI is InChI=1S/C15H12ClN3S/c1-10(16)15-18-14-12(7-17)3-2-4-13(14)19(15)8-11-5-6-20-9-11/h2-6,9-10H,8H2,1H3. The second-order valence-corrected chi connectivity index (χ2v) is 6.02. The van der Waals surface area contributed by atoms with Gasteiger partial charge >= 0.3 is 0 Å². The highest BCUT2D eigenvalue weighted by molar-refractivity contribution is 7.07. The molecular weight excluding hydrogens is 290 g/mol. The number of hydrogen-bond acceptors (Lipinski definition) is 3. The monoisotopic (exact) mass is 301 g/mol. The second kappa shape index (κ2) is 5.28. The number of nitrogens with zero attached hydrogens (tertiary/aromatic N) is 3. The third-order valence-corrected chi connectivity index (χ3v) is 4.13. The molecule has 0 saturated heterocycles. The number of aromatic nitrogens is 2. The average molecular weight is 302 g/mol. The van der Waals surface area contributed by atoms with E-state index in [1.165, 1.54) is 5.56 Å². The summed E-state index contributed by atoms with van der Waals surface area (Å²) in [5.41, 5.74) is 3.49. The maximum atomic E-state index is 9.20. The average Bonchev–Trinajstić information content (AvgIpc) is 3.07. The van der Waals surface area contributed by atoms with Gasteiger partial charge in [0.15, 0.2) is 0 Å². The molecule has 0 amide bonds. The summed E-state index contributed by atoms with van der Waals surface area (Å²) in [5.74, 6) is 0.801. The summed E-state index contributed by atoms with van der Waals surface area (Å²) in [5, 5.41) is 13.2. The van der Waals surface area contributed by atoms with Gasteiger partial charge in [0.05, 0.1) is 23.0 Å². The van der Waals surface area contributed by atoms with Crippen LogP contribution in [0.5, 0.6) is 0 Å². The molecule has 2 heterocycles. The van der Waals surface area contributed by atoms with Crippen LogP contribution in [-0.4, -0.2) is 9.55 Å². The molecule has 3 nitrogen and oxygen atoms in total. The largest absolute Gasteiger partial charge is 0.322 e. The van der Waals surface area contributed by atoms with Crippen molar-refractivity contribution in [2.45, 2.75) is 18.8 Å². The maximum Gasteiger partial charge on any atom is 0.128 e. The van der Waals surface area contributed by atoms with E-state index in [2.05, 4.69) is 32.4 Å². The van der Waals surface area contributed by atoms with Crippen molar-refractivity contribution in [3.63, 3.8) is 0 Å². The molecule has 2 aromatic heterocycles. The van der Waals surface area contributed by atoms with Crippen molar-refractivity contribution < 1.29 is 0 Å². The Labute approximate surface area is 126 Å². The minimum Gasteiger partial charge on any atom is -0.322 e. The Morgan fingerprint density at radius 1 is 1.45 bits per heavy atom. The molecule has 3 aromatic rings. The van der Waals surface area contributed by atoms with Gasteiger partial charge in [0.1, 0.15) is 17.4 Å². The Kier molecular flexibility index (Phi) is 3.47. The quantitative estimate of drug-likeness (QED) is 0.676. The Morgan fingerprint density at radius 3 is 2.95 bits per heavy atom. The lowest BCUT2D eigenvalue weighted by Gasteiger charge is -2.09. The van der Waals surface area contributed by atoms with Crippen LogP contribution in [0.3, 0.4) is 0 Å². The Bertz CT molecular complexity index is 781. The molecule has 3 rings (SSSR count). The lowest BCUT2D eigenvalue weighted by atomic mass is 10.2. The SMILES string of the molecule is CC(Cl)c1nc2c(C#N)cccc2n1Cc1ccsc1. The minimum absolute atomic E-state index is 0.201. The number of fused-ring (bicyclic) bond motifs is 1. The molecule has 0 saturated carbocycles. The number of hydrogen-bond donors (Lipinski definition) is 0. The molecule has 0 spiro atoms. The Hall–Kier alpha value is -1.83. The molecule has 0 aliphatic rings. The van der Waals surface area contributed by atoms with Gasteiger partial charge < -0.3 is 4.57 Å². The summed E-state index contributed by atoms with van der Waals surface area (Å²) in [7, 11) is 0. The van der Waals surface area contributed by atoms with E-state index in [0.717, 1.165) is 23.4 Å². The molecule has 5 heteroatoms. The minimum atomic E-state index is -0.201. The molecule has 0 N–H and O–H groups in total. The van der Waals surface area contributed by atoms with E-state index in [9.17, 15) is 5.26 Å².